The topological polar surface area (TPSA) is 41.6 Å². The number of nitrogens with zero attached hydrogens (tertiary/aromatic N) is 3. The molecular weight excluding hydrogens is 230 g/mol. The molecule has 0 radical (unpaired) electrons. The monoisotopic (exact) mass is 251 g/mol. The Morgan fingerprint density at radius 2 is 2.06 bits per heavy atom. The average Bonchev–Trinajstić information content (AvgIpc) is 2.76. The molecule has 0 saturated heterocycles. The molecule has 94 valence electrons. The fraction of sp³-hybridized carbons (Fsp3) is 0.692. The molecule has 0 atom stereocenters. The third-order valence-electron chi connectivity index (χ3n) is 3.22. The number of aromatic nitrogens is 2. The van der Waals surface area contributed by atoms with Crippen LogP contribution in [0, 0.1) is 16.7 Å². The van der Waals surface area contributed by atoms with Gasteiger partial charge in [0, 0.05) is 18.9 Å². The Balaban J connectivity index is 2.89. The fourth-order valence-electron chi connectivity index (χ4n) is 2.46. The van der Waals surface area contributed by atoms with E-state index in [1.54, 1.807) is 6.20 Å². The fourth-order valence-corrected chi connectivity index (χ4v) is 2.88. The molecule has 0 spiro atoms. The lowest BCUT2D eigenvalue weighted by Gasteiger charge is -2.32. The van der Waals surface area contributed by atoms with E-state index in [-0.39, 0.29) is 5.41 Å². The number of nitriles is 1. The highest BCUT2D eigenvalue weighted by molar-refractivity contribution is 7.80. The van der Waals surface area contributed by atoms with Gasteiger partial charge in [-0.1, -0.05) is 26.7 Å². The molecule has 0 bridgehead atoms. The second kappa shape index (κ2) is 6.70. The SMILES string of the molecule is CCCC(CS)(CCC)Cn1ccnc1C#N. The van der Waals surface area contributed by atoms with Crippen molar-refractivity contribution in [1.29, 1.82) is 5.26 Å². The van der Waals surface area contributed by atoms with Gasteiger partial charge >= 0.3 is 0 Å². The highest BCUT2D eigenvalue weighted by atomic mass is 32.1. The highest BCUT2D eigenvalue weighted by Crippen LogP contribution is 2.33. The van der Waals surface area contributed by atoms with Crippen molar-refractivity contribution in [3.63, 3.8) is 0 Å². The molecular formula is C13H21N3S. The van der Waals surface area contributed by atoms with Crippen molar-refractivity contribution in [2.75, 3.05) is 5.75 Å². The summed E-state index contributed by atoms with van der Waals surface area (Å²) in [5, 5.41) is 8.98. The molecule has 0 fully saturated rings. The van der Waals surface area contributed by atoms with Gasteiger partial charge in [0.05, 0.1) is 0 Å². The van der Waals surface area contributed by atoms with Crippen LogP contribution in [0.2, 0.25) is 0 Å². The molecule has 1 heterocycles. The Hall–Kier alpha value is -0.950. The van der Waals surface area contributed by atoms with E-state index in [4.69, 9.17) is 5.26 Å². The smallest absolute Gasteiger partial charge is 0.212 e. The number of hydrogen-bond donors (Lipinski definition) is 1. The third kappa shape index (κ3) is 3.50. The lowest BCUT2D eigenvalue weighted by atomic mass is 9.81. The first-order chi connectivity index (χ1) is 8.21. The molecule has 0 aromatic carbocycles. The number of rotatable bonds is 7. The van der Waals surface area contributed by atoms with E-state index in [0.29, 0.717) is 5.82 Å². The zero-order valence-corrected chi connectivity index (χ0v) is 11.6. The predicted molar refractivity (Wildman–Crippen MR) is 73.0 cm³/mol. The molecule has 0 aliphatic carbocycles. The molecule has 0 unspecified atom stereocenters. The summed E-state index contributed by atoms with van der Waals surface area (Å²) in [6.07, 6.45) is 8.18. The minimum absolute atomic E-state index is 0.193. The standard InChI is InChI=1S/C13H21N3S/c1-3-5-13(11-17,6-4-2)10-16-8-7-15-12(16)9-14/h7-8,17H,3-6,10-11H2,1-2H3. The van der Waals surface area contributed by atoms with Crippen molar-refractivity contribution < 1.29 is 0 Å². The maximum Gasteiger partial charge on any atom is 0.212 e. The van der Waals surface area contributed by atoms with Crippen LogP contribution in [0.25, 0.3) is 0 Å². The molecule has 1 rings (SSSR count). The summed E-state index contributed by atoms with van der Waals surface area (Å²) in [7, 11) is 0. The van der Waals surface area contributed by atoms with Crippen LogP contribution in [0.15, 0.2) is 12.4 Å². The Morgan fingerprint density at radius 1 is 1.41 bits per heavy atom. The first-order valence-corrected chi connectivity index (χ1v) is 6.86. The number of thiol groups is 1. The van der Waals surface area contributed by atoms with Crippen LogP contribution in [0.4, 0.5) is 0 Å². The summed E-state index contributed by atoms with van der Waals surface area (Å²) in [4.78, 5) is 4.05. The first-order valence-electron chi connectivity index (χ1n) is 6.23. The van der Waals surface area contributed by atoms with Crippen LogP contribution in [0.3, 0.4) is 0 Å². The summed E-state index contributed by atoms with van der Waals surface area (Å²) < 4.78 is 1.96. The lowest BCUT2D eigenvalue weighted by molar-refractivity contribution is 0.231. The third-order valence-corrected chi connectivity index (χ3v) is 3.89. The van der Waals surface area contributed by atoms with Crippen LogP contribution < -0.4 is 0 Å². The van der Waals surface area contributed by atoms with Gasteiger partial charge in [-0.15, -0.1) is 0 Å². The van der Waals surface area contributed by atoms with Gasteiger partial charge in [-0.2, -0.15) is 17.9 Å². The minimum Gasteiger partial charge on any atom is -0.322 e. The summed E-state index contributed by atoms with van der Waals surface area (Å²) in [5.74, 6) is 1.36. The van der Waals surface area contributed by atoms with Crippen molar-refractivity contribution in [3.05, 3.63) is 18.2 Å². The Labute approximate surface area is 109 Å². The van der Waals surface area contributed by atoms with E-state index in [0.717, 1.165) is 38.0 Å². The number of imidazole rings is 1. The van der Waals surface area contributed by atoms with E-state index >= 15 is 0 Å². The lowest BCUT2D eigenvalue weighted by Crippen LogP contribution is -2.29. The van der Waals surface area contributed by atoms with Crippen LogP contribution in [0.1, 0.15) is 45.4 Å². The Morgan fingerprint density at radius 3 is 2.53 bits per heavy atom. The molecule has 3 nitrogen and oxygen atoms in total. The summed E-state index contributed by atoms with van der Waals surface area (Å²) in [5.41, 5.74) is 0.193. The molecule has 1 aromatic rings. The summed E-state index contributed by atoms with van der Waals surface area (Å²) >= 11 is 4.53. The average molecular weight is 251 g/mol. The van der Waals surface area contributed by atoms with Gasteiger partial charge < -0.3 is 4.57 Å². The van der Waals surface area contributed by atoms with Crippen LogP contribution in [-0.4, -0.2) is 15.3 Å². The van der Waals surface area contributed by atoms with Gasteiger partial charge in [-0.05, 0) is 24.0 Å². The second-order valence-electron chi connectivity index (χ2n) is 4.65. The van der Waals surface area contributed by atoms with Gasteiger partial charge in [0.1, 0.15) is 6.07 Å². The summed E-state index contributed by atoms with van der Waals surface area (Å²) in [6.45, 7) is 5.25. The van der Waals surface area contributed by atoms with E-state index in [1.807, 2.05) is 10.8 Å². The molecule has 0 aliphatic rings. The Bertz CT molecular complexity index is 372. The van der Waals surface area contributed by atoms with Crippen molar-refractivity contribution in [2.24, 2.45) is 5.41 Å². The van der Waals surface area contributed by atoms with Crippen LogP contribution in [-0.2, 0) is 6.54 Å². The van der Waals surface area contributed by atoms with Crippen molar-refractivity contribution in [1.82, 2.24) is 9.55 Å². The van der Waals surface area contributed by atoms with Gasteiger partial charge in [-0.25, -0.2) is 4.98 Å². The molecule has 0 aliphatic heterocycles. The summed E-state index contributed by atoms with van der Waals surface area (Å²) in [6, 6.07) is 2.13. The zero-order valence-electron chi connectivity index (χ0n) is 10.7. The van der Waals surface area contributed by atoms with Crippen LogP contribution >= 0.6 is 12.6 Å². The van der Waals surface area contributed by atoms with E-state index in [9.17, 15) is 0 Å². The minimum atomic E-state index is 0.193. The van der Waals surface area contributed by atoms with Crippen molar-refractivity contribution in [3.8, 4) is 6.07 Å². The van der Waals surface area contributed by atoms with E-state index < -0.39 is 0 Å². The quantitative estimate of drug-likeness (QED) is 0.756. The molecule has 0 N–H and O–H groups in total. The largest absolute Gasteiger partial charge is 0.322 e. The zero-order chi connectivity index (χ0) is 12.7. The van der Waals surface area contributed by atoms with Crippen molar-refractivity contribution >= 4 is 12.6 Å². The molecule has 0 amide bonds. The first kappa shape index (κ1) is 14.1. The maximum absolute atomic E-state index is 8.98. The molecule has 1 aromatic heterocycles. The molecule has 0 saturated carbocycles. The van der Waals surface area contributed by atoms with Gasteiger partial charge in [0.2, 0.25) is 5.82 Å². The van der Waals surface area contributed by atoms with Gasteiger partial charge in [-0.3, -0.25) is 0 Å². The maximum atomic E-state index is 8.98. The van der Waals surface area contributed by atoms with Gasteiger partial charge in [0.25, 0.3) is 0 Å². The number of hydrogen-bond acceptors (Lipinski definition) is 3. The van der Waals surface area contributed by atoms with E-state index in [2.05, 4.69) is 37.5 Å². The van der Waals surface area contributed by atoms with E-state index in [1.165, 1.54) is 0 Å². The predicted octanol–water partition coefficient (Wildman–Crippen LogP) is 3.27. The highest BCUT2D eigenvalue weighted by Gasteiger charge is 2.28. The van der Waals surface area contributed by atoms with Crippen LogP contribution in [0.5, 0.6) is 0 Å². The molecule has 17 heavy (non-hydrogen) atoms. The molecule has 4 heteroatoms. The normalized spacial score (nSPS) is 11.4. The van der Waals surface area contributed by atoms with Crippen molar-refractivity contribution in [2.45, 2.75) is 46.1 Å². The second-order valence-corrected chi connectivity index (χ2v) is 4.96. The Kier molecular flexibility index (Phi) is 5.57. The van der Waals surface area contributed by atoms with Gasteiger partial charge in [0.15, 0.2) is 0 Å².